The molecular formula is C12H25NOS2. The number of aliphatic hydroxyl groups is 1. The van der Waals surface area contributed by atoms with Gasteiger partial charge in [0.1, 0.15) is 0 Å². The molecule has 16 heavy (non-hydrogen) atoms. The van der Waals surface area contributed by atoms with Gasteiger partial charge in [-0.2, -0.15) is 23.5 Å². The molecule has 0 aromatic heterocycles. The van der Waals surface area contributed by atoms with E-state index in [1.807, 2.05) is 24.9 Å². The van der Waals surface area contributed by atoms with Crippen LogP contribution >= 0.6 is 23.5 Å². The summed E-state index contributed by atoms with van der Waals surface area (Å²) in [6.07, 6.45) is 3.25. The van der Waals surface area contributed by atoms with Crippen molar-refractivity contribution < 1.29 is 5.11 Å². The molecular weight excluding hydrogens is 238 g/mol. The van der Waals surface area contributed by atoms with Gasteiger partial charge in [0.15, 0.2) is 0 Å². The highest BCUT2D eigenvalue weighted by molar-refractivity contribution is 7.99. The Morgan fingerprint density at radius 3 is 2.81 bits per heavy atom. The zero-order valence-corrected chi connectivity index (χ0v) is 12.5. The summed E-state index contributed by atoms with van der Waals surface area (Å²) < 4.78 is 0. The predicted molar refractivity (Wildman–Crippen MR) is 76.5 cm³/mol. The van der Waals surface area contributed by atoms with Gasteiger partial charge < -0.3 is 10.4 Å². The molecule has 0 saturated carbocycles. The number of hydrogen-bond donors (Lipinski definition) is 2. The molecule has 1 heterocycles. The summed E-state index contributed by atoms with van der Waals surface area (Å²) in [5, 5.41) is 13.6. The van der Waals surface area contributed by atoms with E-state index in [1.165, 1.54) is 17.9 Å². The van der Waals surface area contributed by atoms with Crippen LogP contribution in [0.25, 0.3) is 0 Å². The van der Waals surface area contributed by atoms with E-state index in [0.29, 0.717) is 18.0 Å². The second-order valence-corrected chi connectivity index (χ2v) is 7.79. The fourth-order valence-electron chi connectivity index (χ4n) is 2.12. The molecule has 1 aliphatic heterocycles. The summed E-state index contributed by atoms with van der Waals surface area (Å²) in [4.78, 5) is 0. The number of thioether (sulfide) groups is 2. The Hall–Kier alpha value is 0.620. The highest BCUT2D eigenvalue weighted by Gasteiger charge is 2.29. The van der Waals surface area contributed by atoms with Gasteiger partial charge in [-0.1, -0.05) is 13.8 Å². The highest BCUT2D eigenvalue weighted by atomic mass is 32.2. The molecule has 96 valence electrons. The summed E-state index contributed by atoms with van der Waals surface area (Å²) in [6.45, 7) is 7.27. The molecule has 2 atom stereocenters. The minimum Gasteiger partial charge on any atom is -0.388 e. The Balaban J connectivity index is 2.32. The Kier molecular flexibility index (Phi) is 5.49. The van der Waals surface area contributed by atoms with E-state index < -0.39 is 5.60 Å². The Bertz CT molecular complexity index is 219. The third-order valence-electron chi connectivity index (χ3n) is 2.84. The van der Waals surface area contributed by atoms with Gasteiger partial charge in [-0.3, -0.25) is 0 Å². The molecule has 1 saturated heterocycles. The SMILES string of the molecule is CSCC(C)(O)CNC1CSCC(C)(C)C1. The summed E-state index contributed by atoms with van der Waals surface area (Å²) in [5.41, 5.74) is -0.141. The first-order valence-corrected chi connectivity index (χ1v) is 8.42. The van der Waals surface area contributed by atoms with E-state index in [4.69, 9.17) is 0 Å². The van der Waals surface area contributed by atoms with Crippen molar-refractivity contribution in [2.45, 2.75) is 38.8 Å². The van der Waals surface area contributed by atoms with Gasteiger partial charge in [0, 0.05) is 24.1 Å². The summed E-state index contributed by atoms with van der Waals surface area (Å²) in [6, 6.07) is 0.557. The van der Waals surface area contributed by atoms with Crippen LogP contribution in [0.3, 0.4) is 0 Å². The summed E-state index contributed by atoms with van der Waals surface area (Å²) in [5.74, 6) is 3.23. The van der Waals surface area contributed by atoms with Crippen molar-refractivity contribution >= 4 is 23.5 Å². The topological polar surface area (TPSA) is 32.3 Å². The van der Waals surface area contributed by atoms with E-state index in [0.717, 1.165) is 5.75 Å². The molecule has 0 radical (unpaired) electrons. The molecule has 0 aromatic carbocycles. The molecule has 2 nitrogen and oxygen atoms in total. The van der Waals surface area contributed by atoms with Crippen LogP contribution < -0.4 is 5.32 Å². The quantitative estimate of drug-likeness (QED) is 0.797. The van der Waals surface area contributed by atoms with E-state index in [1.54, 1.807) is 11.8 Å². The van der Waals surface area contributed by atoms with Crippen LogP contribution in [-0.4, -0.2) is 46.8 Å². The van der Waals surface area contributed by atoms with Crippen molar-refractivity contribution in [3.8, 4) is 0 Å². The van der Waals surface area contributed by atoms with Crippen LogP contribution in [0, 0.1) is 5.41 Å². The first-order valence-electron chi connectivity index (χ1n) is 5.87. The molecule has 2 unspecified atom stereocenters. The smallest absolute Gasteiger partial charge is 0.0833 e. The van der Waals surface area contributed by atoms with Gasteiger partial charge in [-0.05, 0) is 30.8 Å². The van der Waals surface area contributed by atoms with Crippen LogP contribution in [0.2, 0.25) is 0 Å². The predicted octanol–water partition coefficient (Wildman–Crippen LogP) is 2.22. The van der Waals surface area contributed by atoms with E-state index in [-0.39, 0.29) is 0 Å². The number of nitrogens with one attached hydrogen (secondary N) is 1. The van der Waals surface area contributed by atoms with E-state index in [9.17, 15) is 5.11 Å². The van der Waals surface area contributed by atoms with Gasteiger partial charge in [-0.25, -0.2) is 0 Å². The second kappa shape index (κ2) is 5.98. The molecule has 0 spiro atoms. The third kappa shape index (κ3) is 5.30. The molecule has 1 fully saturated rings. The zero-order valence-electron chi connectivity index (χ0n) is 10.9. The molecule has 4 heteroatoms. The van der Waals surface area contributed by atoms with Gasteiger partial charge >= 0.3 is 0 Å². The minimum absolute atomic E-state index is 0.436. The van der Waals surface area contributed by atoms with Crippen LogP contribution in [0.4, 0.5) is 0 Å². The minimum atomic E-state index is -0.578. The fraction of sp³-hybridized carbons (Fsp3) is 1.00. The standard InChI is InChI=1S/C12H25NOS2/c1-11(2)5-10(6-16-8-11)13-7-12(3,14)9-15-4/h10,13-14H,5-9H2,1-4H3. The maximum Gasteiger partial charge on any atom is 0.0833 e. The van der Waals surface area contributed by atoms with Crippen molar-refractivity contribution in [2.75, 3.05) is 30.1 Å². The van der Waals surface area contributed by atoms with E-state index >= 15 is 0 Å². The first-order chi connectivity index (χ1) is 7.35. The molecule has 1 aliphatic rings. The largest absolute Gasteiger partial charge is 0.388 e. The van der Waals surface area contributed by atoms with Crippen molar-refractivity contribution in [3.05, 3.63) is 0 Å². The van der Waals surface area contributed by atoms with Crippen LogP contribution in [0.1, 0.15) is 27.2 Å². The Labute approximate surface area is 108 Å². The van der Waals surface area contributed by atoms with Gasteiger partial charge in [-0.15, -0.1) is 0 Å². The molecule has 1 rings (SSSR count). The average Bonchev–Trinajstić information content (AvgIpc) is 2.13. The van der Waals surface area contributed by atoms with Crippen molar-refractivity contribution in [2.24, 2.45) is 5.41 Å². The lowest BCUT2D eigenvalue weighted by Crippen LogP contribution is -2.48. The van der Waals surface area contributed by atoms with Crippen molar-refractivity contribution in [1.82, 2.24) is 5.32 Å². The molecule has 0 aliphatic carbocycles. The van der Waals surface area contributed by atoms with Gasteiger partial charge in [0.25, 0.3) is 0 Å². The Morgan fingerprint density at radius 1 is 1.56 bits per heavy atom. The lowest BCUT2D eigenvalue weighted by Gasteiger charge is -2.36. The highest BCUT2D eigenvalue weighted by Crippen LogP contribution is 2.33. The second-order valence-electron chi connectivity index (χ2n) is 5.89. The van der Waals surface area contributed by atoms with Crippen molar-refractivity contribution in [3.63, 3.8) is 0 Å². The maximum absolute atomic E-state index is 10.1. The Morgan fingerprint density at radius 2 is 2.25 bits per heavy atom. The monoisotopic (exact) mass is 263 g/mol. The first kappa shape index (κ1) is 14.7. The number of hydrogen-bond acceptors (Lipinski definition) is 4. The van der Waals surface area contributed by atoms with Gasteiger partial charge in [0.05, 0.1) is 5.60 Å². The van der Waals surface area contributed by atoms with Gasteiger partial charge in [0.2, 0.25) is 0 Å². The van der Waals surface area contributed by atoms with Crippen molar-refractivity contribution in [1.29, 1.82) is 0 Å². The molecule has 0 aromatic rings. The molecule has 2 N–H and O–H groups in total. The lowest BCUT2D eigenvalue weighted by molar-refractivity contribution is 0.0800. The van der Waals surface area contributed by atoms with Crippen LogP contribution in [0.15, 0.2) is 0 Å². The third-order valence-corrected chi connectivity index (χ3v) is 5.37. The molecule has 0 amide bonds. The molecule has 0 bridgehead atoms. The summed E-state index contributed by atoms with van der Waals surface area (Å²) >= 11 is 3.72. The van der Waals surface area contributed by atoms with Crippen LogP contribution in [0.5, 0.6) is 0 Å². The normalized spacial score (nSPS) is 28.7. The fourth-order valence-corrected chi connectivity index (χ4v) is 4.15. The lowest BCUT2D eigenvalue weighted by atomic mass is 9.87. The number of rotatable bonds is 5. The average molecular weight is 263 g/mol. The van der Waals surface area contributed by atoms with E-state index in [2.05, 4.69) is 19.2 Å². The zero-order chi connectivity index (χ0) is 12.2. The maximum atomic E-state index is 10.1. The summed E-state index contributed by atoms with van der Waals surface area (Å²) in [7, 11) is 0. The van der Waals surface area contributed by atoms with Crippen LogP contribution in [-0.2, 0) is 0 Å².